The van der Waals surface area contributed by atoms with Crippen LogP contribution in [0.5, 0.6) is 5.75 Å². The van der Waals surface area contributed by atoms with Gasteiger partial charge in [-0.25, -0.2) is 0 Å². The summed E-state index contributed by atoms with van der Waals surface area (Å²) in [7, 11) is 0. The van der Waals surface area contributed by atoms with Crippen LogP contribution in [0.25, 0.3) is 0 Å². The van der Waals surface area contributed by atoms with Gasteiger partial charge in [0, 0.05) is 5.56 Å². The predicted octanol–water partition coefficient (Wildman–Crippen LogP) is 5.18. The van der Waals surface area contributed by atoms with Crippen LogP contribution in [0.3, 0.4) is 0 Å². The van der Waals surface area contributed by atoms with Crippen LogP contribution in [0.15, 0.2) is 36.4 Å². The van der Waals surface area contributed by atoms with Gasteiger partial charge in [0.15, 0.2) is 0 Å². The number of rotatable bonds is 3. The summed E-state index contributed by atoms with van der Waals surface area (Å²) in [4.78, 5) is 0. The Balaban J connectivity index is 2.25. The molecular weight excluding hydrogens is 281 g/mol. The van der Waals surface area contributed by atoms with Gasteiger partial charge < -0.3 is 10.4 Å². The molecule has 1 unspecified atom stereocenters. The van der Waals surface area contributed by atoms with Gasteiger partial charge in [-0.15, -0.1) is 0 Å². The summed E-state index contributed by atoms with van der Waals surface area (Å²) >= 11 is 12.1. The van der Waals surface area contributed by atoms with Crippen LogP contribution in [0.4, 0.5) is 5.69 Å². The number of hydrogen-bond acceptors (Lipinski definition) is 2. The molecule has 2 aromatic rings. The molecule has 0 aliphatic carbocycles. The summed E-state index contributed by atoms with van der Waals surface area (Å²) in [5.41, 5.74) is 2.59. The van der Waals surface area contributed by atoms with E-state index < -0.39 is 0 Å². The van der Waals surface area contributed by atoms with Gasteiger partial charge in [-0.1, -0.05) is 41.4 Å². The Kier molecular flexibility index (Phi) is 4.23. The highest BCUT2D eigenvalue weighted by Crippen LogP contribution is 2.33. The maximum absolute atomic E-state index is 9.96. The molecule has 0 spiro atoms. The third-order valence-corrected chi connectivity index (χ3v) is 3.79. The first-order valence-corrected chi connectivity index (χ1v) is 6.74. The molecule has 1 atom stereocenters. The van der Waals surface area contributed by atoms with E-state index >= 15 is 0 Å². The predicted molar refractivity (Wildman–Crippen MR) is 81.3 cm³/mol. The fourth-order valence-corrected chi connectivity index (χ4v) is 2.30. The highest BCUT2D eigenvalue weighted by atomic mass is 35.5. The molecule has 0 aromatic heterocycles. The zero-order valence-electron chi connectivity index (χ0n) is 10.7. The lowest BCUT2D eigenvalue weighted by Crippen LogP contribution is -2.07. The first kappa shape index (κ1) is 14.0. The molecule has 4 heteroatoms. The van der Waals surface area contributed by atoms with E-state index in [-0.39, 0.29) is 11.8 Å². The van der Waals surface area contributed by atoms with Crippen molar-refractivity contribution in [3.63, 3.8) is 0 Å². The largest absolute Gasteiger partial charge is 0.508 e. The highest BCUT2D eigenvalue weighted by Gasteiger charge is 2.12. The average molecular weight is 296 g/mol. The molecule has 0 radical (unpaired) electrons. The molecule has 0 saturated heterocycles. The number of nitrogens with one attached hydrogen (secondary N) is 1. The molecule has 0 aliphatic rings. The Morgan fingerprint density at radius 2 is 1.89 bits per heavy atom. The van der Waals surface area contributed by atoms with Crippen molar-refractivity contribution in [3.05, 3.63) is 57.6 Å². The number of phenolic OH excluding ortho intramolecular Hbond substituents is 1. The summed E-state index contributed by atoms with van der Waals surface area (Å²) in [6.07, 6.45) is 0. The molecule has 0 bridgehead atoms. The number of halogens is 2. The second-order valence-electron chi connectivity index (χ2n) is 4.53. The number of anilines is 1. The van der Waals surface area contributed by atoms with E-state index in [9.17, 15) is 5.11 Å². The van der Waals surface area contributed by atoms with E-state index in [0.29, 0.717) is 10.0 Å². The van der Waals surface area contributed by atoms with Crippen molar-refractivity contribution in [1.29, 1.82) is 0 Å². The minimum Gasteiger partial charge on any atom is -0.508 e. The number of aryl methyl sites for hydroxylation is 1. The molecule has 2 nitrogen and oxygen atoms in total. The van der Waals surface area contributed by atoms with E-state index in [0.717, 1.165) is 16.8 Å². The van der Waals surface area contributed by atoms with Gasteiger partial charge in [-0.05, 0) is 37.6 Å². The molecule has 2 rings (SSSR count). The first-order valence-electron chi connectivity index (χ1n) is 5.99. The average Bonchev–Trinajstić information content (AvgIpc) is 2.34. The lowest BCUT2D eigenvalue weighted by molar-refractivity contribution is 0.465. The molecular formula is C15H15Cl2NO. The van der Waals surface area contributed by atoms with Crippen LogP contribution < -0.4 is 5.32 Å². The Hall–Kier alpha value is -1.38. The Labute approximate surface area is 123 Å². The number of phenols is 1. The molecule has 0 amide bonds. The molecule has 2 aromatic carbocycles. The minimum atomic E-state index is -0.0726. The zero-order valence-corrected chi connectivity index (χ0v) is 12.3. The van der Waals surface area contributed by atoms with Crippen molar-refractivity contribution >= 4 is 28.9 Å². The van der Waals surface area contributed by atoms with Crippen molar-refractivity contribution in [2.45, 2.75) is 19.9 Å². The van der Waals surface area contributed by atoms with Crippen LogP contribution in [-0.2, 0) is 0 Å². The Morgan fingerprint density at radius 1 is 1.16 bits per heavy atom. The third kappa shape index (κ3) is 3.14. The van der Waals surface area contributed by atoms with E-state index in [2.05, 4.69) is 5.32 Å². The van der Waals surface area contributed by atoms with Crippen molar-refractivity contribution < 1.29 is 5.11 Å². The van der Waals surface area contributed by atoms with Crippen LogP contribution >= 0.6 is 23.2 Å². The van der Waals surface area contributed by atoms with Crippen molar-refractivity contribution in [2.75, 3.05) is 5.32 Å². The second-order valence-corrected chi connectivity index (χ2v) is 5.31. The van der Waals surface area contributed by atoms with E-state index in [1.54, 1.807) is 12.1 Å². The quantitative estimate of drug-likeness (QED) is 0.818. The topological polar surface area (TPSA) is 32.3 Å². The van der Waals surface area contributed by atoms with Crippen LogP contribution in [0, 0.1) is 6.92 Å². The van der Waals surface area contributed by atoms with E-state index in [1.165, 1.54) is 0 Å². The van der Waals surface area contributed by atoms with Gasteiger partial charge in [0.05, 0.1) is 21.8 Å². The van der Waals surface area contributed by atoms with Gasteiger partial charge >= 0.3 is 0 Å². The highest BCUT2D eigenvalue weighted by molar-refractivity contribution is 6.43. The maximum atomic E-state index is 9.96. The Morgan fingerprint density at radius 3 is 2.58 bits per heavy atom. The molecule has 100 valence electrons. The molecule has 0 heterocycles. The number of benzene rings is 2. The van der Waals surface area contributed by atoms with Gasteiger partial charge in [0.25, 0.3) is 0 Å². The lowest BCUT2D eigenvalue weighted by Gasteiger charge is -2.18. The maximum Gasteiger partial charge on any atom is 0.121 e. The molecule has 2 N–H and O–H groups in total. The molecule has 0 saturated carbocycles. The van der Waals surface area contributed by atoms with Gasteiger partial charge in [-0.2, -0.15) is 0 Å². The number of aromatic hydroxyl groups is 1. The summed E-state index contributed by atoms with van der Waals surface area (Å²) in [6, 6.07) is 11.0. The van der Waals surface area contributed by atoms with Crippen molar-refractivity contribution in [2.24, 2.45) is 0 Å². The van der Waals surface area contributed by atoms with Crippen molar-refractivity contribution in [1.82, 2.24) is 0 Å². The van der Waals surface area contributed by atoms with Gasteiger partial charge in [-0.3, -0.25) is 0 Å². The van der Waals surface area contributed by atoms with Crippen LogP contribution in [0.1, 0.15) is 24.1 Å². The van der Waals surface area contributed by atoms with Crippen LogP contribution in [0.2, 0.25) is 10.0 Å². The summed E-state index contributed by atoms with van der Waals surface area (Å²) < 4.78 is 0. The van der Waals surface area contributed by atoms with E-state index in [4.69, 9.17) is 23.2 Å². The van der Waals surface area contributed by atoms with Gasteiger partial charge in [0.2, 0.25) is 0 Å². The first-order chi connectivity index (χ1) is 8.99. The number of hydrogen-bond donors (Lipinski definition) is 2. The standard InChI is InChI=1S/C15H15Cl2NO/c1-9-6-7-11(14(19)8-9)10(2)18-13-5-3-4-12(16)15(13)17/h3-8,10,18-19H,1-2H3. The molecule has 0 aliphatic heterocycles. The van der Waals surface area contributed by atoms with Crippen LogP contribution in [-0.4, -0.2) is 5.11 Å². The SMILES string of the molecule is Cc1ccc(C(C)Nc2cccc(Cl)c2Cl)c(O)c1. The van der Waals surface area contributed by atoms with E-state index in [1.807, 2.05) is 38.1 Å². The lowest BCUT2D eigenvalue weighted by atomic mass is 10.0. The van der Waals surface area contributed by atoms with Gasteiger partial charge in [0.1, 0.15) is 5.75 Å². The smallest absolute Gasteiger partial charge is 0.121 e. The summed E-state index contributed by atoms with van der Waals surface area (Å²) in [5, 5.41) is 14.2. The third-order valence-electron chi connectivity index (χ3n) is 2.98. The summed E-state index contributed by atoms with van der Waals surface area (Å²) in [6.45, 7) is 3.90. The monoisotopic (exact) mass is 295 g/mol. The fraction of sp³-hybridized carbons (Fsp3) is 0.200. The fourth-order valence-electron chi connectivity index (χ4n) is 1.95. The van der Waals surface area contributed by atoms with Crippen molar-refractivity contribution in [3.8, 4) is 5.75 Å². The Bertz CT molecular complexity index is 599. The molecule has 0 fully saturated rings. The second kappa shape index (κ2) is 5.72. The summed E-state index contributed by atoms with van der Waals surface area (Å²) in [5.74, 6) is 0.276. The molecule has 19 heavy (non-hydrogen) atoms. The minimum absolute atomic E-state index is 0.0726. The normalized spacial score (nSPS) is 12.2. The zero-order chi connectivity index (χ0) is 14.0.